The average Bonchev–Trinajstić information content (AvgIpc) is 2.67. The summed E-state index contributed by atoms with van der Waals surface area (Å²) in [6, 6.07) is 10.7. The molecular weight excluding hydrogens is 372 g/mol. The van der Waals surface area contributed by atoms with Crippen LogP contribution in [0.4, 0.5) is 10.6 Å². The van der Waals surface area contributed by atoms with Gasteiger partial charge < -0.3 is 14.8 Å². The summed E-state index contributed by atoms with van der Waals surface area (Å²) in [5.41, 5.74) is 0.359. The summed E-state index contributed by atoms with van der Waals surface area (Å²) < 4.78 is 10.6. The Kier molecular flexibility index (Phi) is 6.00. The van der Waals surface area contributed by atoms with E-state index in [0.29, 0.717) is 12.4 Å². The molecule has 1 aliphatic heterocycles. The Labute approximate surface area is 170 Å². The predicted molar refractivity (Wildman–Crippen MR) is 108 cm³/mol. The van der Waals surface area contributed by atoms with Gasteiger partial charge in [-0.3, -0.25) is 9.69 Å². The number of alkyl carbamates (subject to hydrolysis) is 1. The molecule has 1 N–H and O–H groups in total. The Balaban J connectivity index is 1.87. The second kappa shape index (κ2) is 8.46. The average molecular weight is 398 g/mol. The molecule has 1 aliphatic rings. The molecule has 8 heteroatoms. The molecular formula is C21H26N4O4. The van der Waals surface area contributed by atoms with Crippen molar-refractivity contribution < 1.29 is 19.1 Å². The van der Waals surface area contributed by atoms with Crippen molar-refractivity contribution in [3.8, 4) is 5.75 Å². The van der Waals surface area contributed by atoms with Crippen LogP contribution in [0.1, 0.15) is 38.7 Å². The molecule has 1 unspecified atom stereocenters. The van der Waals surface area contributed by atoms with Crippen LogP contribution < -0.4 is 15.0 Å². The number of ether oxygens (including phenoxy) is 2. The van der Waals surface area contributed by atoms with Crippen molar-refractivity contribution in [2.75, 3.05) is 18.6 Å². The smallest absolute Gasteiger partial charge is 0.407 e. The van der Waals surface area contributed by atoms with E-state index in [-0.39, 0.29) is 18.2 Å². The third-order valence-electron chi connectivity index (χ3n) is 4.64. The van der Waals surface area contributed by atoms with Gasteiger partial charge in [-0.25, -0.2) is 4.79 Å². The SMILES string of the molecule is COc1ccc(C2CN(c3cccnn3)C(=O)C[C@H]2NC(=O)OC(C)(C)C)cc1. The molecule has 29 heavy (non-hydrogen) atoms. The molecule has 2 amide bonds. The fourth-order valence-corrected chi connectivity index (χ4v) is 3.32. The summed E-state index contributed by atoms with van der Waals surface area (Å²) in [7, 11) is 1.61. The summed E-state index contributed by atoms with van der Waals surface area (Å²) in [6.45, 7) is 5.77. The Hall–Kier alpha value is -3.16. The monoisotopic (exact) mass is 398 g/mol. The van der Waals surface area contributed by atoms with Crippen molar-refractivity contribution in [3.63, 3.8) is 0 Å². The van der Waals surface area contributed by atoms with Crippen LogP contribution in [-0.4, -0.2) is 47.5 Å². The van der Waals surface area contributed by atoms with Gasteiger partial charge in [0.25, 0.3) is 0 Å². The molecule has 1 aromatic carbocycles. The van der Waals surface area contributed by atoms with Gasteiger partial charge in [0.05, 0.1) is 7.11 Å². The lowest BCUT2D eigenvalue weighted by atomic mass is 9.85. The molecule has 2 atom stereocenters. The van der Waals surface area contributed by atoms with Crippen LogP contribution in [0.2, 0.25) is 0 Å². The second-order valence-electron chi connectivity index (χ2n) is 7.92. The molecule has 0 radical (unpaired) electrons. The largest absolute Gasteiger partial charge is 0.497 e. The summed E-state index contributed by atoms with van der Waals surface area (Å²) in [5.74, 6) is 0.958. The van der Waals surface area contributed by atoms with Crippen LogP contribution in [0.25, 0.3) is 0 Å². The maximum atomic E-state index is 12.8. The van der Waals surface area contributed by atoms with Gasteiger partial charge in [-0.15, -0.1) is 5.10 Å². The van der Waals surface area contributed by atoms with Gasteiger partial charge in [0.2, 0.25) is 5.91 Å². The topological polar surface area (TPSA) is 93.6 Å². The highest BCUT2D eigenvalue weighted by Gasteiger charge is 2.38. The number of carbonyl (C=O) groups is 2. The maximum absolute atomic E-state index is 12.8. The summed E-state index contributed by atoms with van der Waals surface area (Å²) in [5, 5.41) is 10.8. The molecule has 2 aromatic rings. The lowest BCUT2D eigenvalue weighted by Gasteiger charge is -2.38. The third kappa shape index (κ3) is 5.22. The third-order valence-corrected chi connectivity index (χ3v) is 4.64. The minimum atomic E-state index is -0.621. The molecule has 3 rings (SSSR count). The Morgan fingerprint density at radius 2 is 1.93 bits per heavy atom. The molecule has 1 saturated heterocycles. The van der Waals surface area contributed by atoms with Gasteiger partial charge in [0, 0.05) is 31.1 Å². The van der Waals surface area contributed by atoms with Crippen LogP contribution in [0.5, 0.6) is 5.75 Å². The first-order valence-electron chi connectivity index (χ1n) is 9.48. The van der Waals surface area contributed by atoms with Crippen molar-refractivity contribution in [2.24, 2.45) is 0 Å². The van der Waals surface area contributed by atoms with E-state index in [2.05, 4.69) is 15.5 Å². The number of rotatable bonds is 4. The number of benzene rings is 1. The van der Waals surface area contributed by atoms with Gasteiger partial charge in [-0.05, 0) is 50.6 Å². The summed E-state index contributed by atoms with van der Waals surface area (Å²) in [6.07, 6.45) is 1.15. The molecule has 2 heterocycles. The van der Waals surface area contributed by atoms with Gasteiger partial charge >= 0.3 is 6.09 Å². The molecule has 0 saturated carbocycles. The first kappa shape index (κ1) is 20.6. The molecule has 0 bridgehead atoms. The van der Waals surface area contributed by atoms with Gasteiger partial charge in [-0.2, -0.15) is 5.10 Å². The van der Waals surface area contributed by atoms with Crippen LogP contribution in [-0.2, 0) is 9.53 Å². The van der Waals surface area contributed by atoms with E-state index in [4.69, 9.17) is 9.47 Å². The first-order chi connectivity index (χ1) is 13.8. The molecule has 0 aliphatic carbocycles. The van der Waals surface area contributed by atoms with Gasteiger partial charge in [0.15, 0.2) is 5.82 Å². The maximum Gasteiger partial charge on any atom is 0.407 e. The highest BCUT2D eigenvalue weighted by molar-refractivity contribution is 5.94. The zero-order chi connectivity index (χ0) is 21.0. The highest BCUT2D eigenvalue weighted by Crippen LogP contribution is 2.31. The molecule has 1 fully saturated rings. The lowest BCUT2D eigenvalue weighted by molar-refractivity contribution is -0.120. The molecule has 1 aromatic heterocycles. The van der Waals surface area contributed by atoms with Crippen LogP contribution in [0.15, 0.2) is 42.6 Å². The van der Waals surface area contributed by atoms with E-state index >= 15 is 0 Å². The van der Waals surface area contributed by atoms with Crippen LogP contribution in [0, 0.1) is 0 Å². The number of nitrogens with one attached hydrogen (secondary N) is 1. The molecule has 154 valence electrons. The minimum absolute atomic E-state index is 0.128. The van der Waals surface area contributed by atoms with E-state index in [1.165, 1.54) is 0 Å². The standard InChI is InChI=1S/C21H26N4O4/c1-21(2,3)29-20(27)23-17-12-19(26)25(18-6-5-11-22-24-18)13-16(17)14-7-9-15(28-4)10-8-14/h5-11,16-17H,12-13H2,1-4H3,(H,23,27)/t16?,17-/m1/s1. The highest BCUT2D eigenvalue weighted by atomic mass is 16.6. The first-order valence-corrected chi connectivity index (χ1v) is 9.48. The number of aromatic nitrogens is 2. The number of piperidine rings is 1. The van der Waals surface area contributed by atoms with Gasteiger partial charge in [-0.1, -0.05) is 12.1 Å². The van der Waals surface area contributed by atoms with Crippen LogP contribution in [0.3, 0.4) is 0 Å². The number of amides is 2. The fourth-order valence-electron chi connectivity index (χ4n) is 3.32. The predicted octanol–water partition coefficient (Wildman–Crippen LogP) is 2.90. The van der Waals surface area contributed by atoms with E-state index in [1.807, 2.05) is 24.3 Å². The number of methoxy groups -OCH3 is 1. The van der Waals surface area contributed by atoms with E-state index < -0.39 is 17.7 Å². The second-order valence-corrected chi connectivity index (χ2v) is 7.92. The van der Waals surface area contributed by atoms with Crippen molar-refractivity contribution in [1.29, 1.82) is 0 Å². The van der Waals surface area contributed by atoms with Crippen LogP contribution >= 0.6 is 0 Å². The number of carbonyl (C=O) groups excluding carboxylic acids is 2. The van der Waals surface area contributed by atoms with E-state index in [0.717, 1.165) is 11.3 Å². The quantitative estimate of drug-likeness (QED) is 0.851. The lowest BCUT2D eigenvalue weighted by Crippen LogP contribution is -2.53. The Morgan fingerprint density at radius 1 is 1.21 bits per heavy atom. The van der Waals surface area contributed by atoms with Gasteiger partial charge in [0.1, 0.15) is 11.4 Å². The van der Waals surface area contributed by atoms with Crippen molar-refractivity contribution in [3.05, 3.63) is 48.2 Å². The number of nitrogens with zero attached hydrogens (tertiary/aromatic N) is 3. The Morgan fingerprint density at radius 3 is 2.52 bits per heavy atom. The number of hydrogen-bond donors (Lipinski definition) is 1. The normalized spacial score (nSPS) is 19.6. The summed E-state index contributed by atoms with van der Waals surface area (Å²) in [4.78, 5) is 26.8. The Bertz CT molecular complexity index is 849. The zero-order valence-corrected chi connectivity index (χ0v) is 17.1. The molecule has 8 nitrogen and oxygen atoms in total. The number of anilines is 1. The zero-order valence-electron chi connectivity index (χ0n) is 17.1. The summed E-state index contributed by atoms with van der Waals surface area (Å²) >= 11 is 0. The van der Waals surface area contributed by atoms with E-state index in [1.54, 1.807) is 51.1 Å². The number of hydrogen-bond acceptors (Lipinski definition) is 6. The molecule has 0 spiro atoms. The fraction of sp³-hybridized carbons (Fsp3) is 0.429. The van der Waals surface area contributed by atoms with Crippen molar-refractivity contribution in [2.45, 2.75) is 44.8 Å². The van der Waals surface area contributed by atoms with Crippen molar-refractivity contribution >= 4 is 17.8 Å². The minimum Gasteiger partial charge on any atom is -0.497 e. The van der Waals surface area contributed by atoms with E-state index in [9.17, 15) is 9.59 Å². The van der Waals surface area contributed by atoms with Crippen molar-refractivity contribution in [1.82, 2.24) is 15.5 Å².